The Morgan fingerprint density at radius 1 is 1.33 bits per heavy atom. The quantitative estimate of drug-likeness (QED) is 0.386. The molecular weight excluding hydrogens is 280 g/mol. The van der Waals surface area contributed by atoms with Gasteiger partial charge in [-0.15, -0.1) is 0 Å². The van der Waals surface area contributed by atoms with E-state index in [1.807, 2.05) is 0 Å². The Morgan fingerprint density at radius 2 is 1.95 bits per heavy atom. The molecule has 0 saturated heterocycles. The van der Waals surface area contributed by atoms with E-state index >= 15 is 0 Å². The highest BCUT2D eigenvalue weighted by Crippen LogP contribution is 2.34. The number of nitro groups is 1. The van der Waals surface area contributed by atoms with Gasteiger partial charge in [0.2, 0.25) is 5.91 Å². The van der Waals surface area contributed by atoms with Gasteiger partial charge in [0.15, 0.2) is 0 Å². The minimum Gasteiger partial charge on any atom is -0.465 e. The number of methoxy groups -OCH3 is 1. The van der Waals surface area contributed by atoms with E-state index in [0.29, 0.717) is 0 Å². The Bertz CT molecular complexity index is 623. The first-order valence-electron chi connectivity index (χ1n) is 5.78. The van der Waals surface area contributed by atoms with Crippen molar-refractivity contribution in [2.75, 3.05) is 12.4 Å². The van der Waals surface area contributed by atoms with Crippen molar-refractivity contribution in [1.82, 2.24) is 0 Å². The van der Waals surface area contributed by atoms with Gasteiger partial charge in [-0.1, -0.05) is 6.58 Å². The van der Waals surface area contributed by atoms with Gasteiger partial charge in [0.05, 0.1) is 17.8 Å². The number of allylic oxidation sites excluding steroid dienone is 1. The number of nitrogens with one attached hydrogen (secondary N) is 1. The second-order valence-corrected chi connectivity index (χ2v) is 4.10. The zero-order valence-corrected chi connectivity index (χ0v) is 11.8. The molecule has 0 fully saturated rings. The van der Waals surface area contributed by atoms with Crippen molar-refractivity contribution >= 4 is 23.3 Å². The summed E-state index contributed by atoms with van der Waals surface area (Å²) in [5, 5.41) is 13.4. The molecule has 0 aromatic heterocycles. The van der Waals surface area contributed by atoms with Gasteiger partial charge in [0.25, 0.3) is 5.69 Å². The Hall–Kier alpha value is -2.90. The topological polar surface area (TPSA) is 108 Å². The molecule has 1 aromatic rings. The SMILES string of the molecule is C=C(C)Oc1cc(NC(C)=O)c([N+](=O)[O-])cc1C(=O)OC. The lowest BCUT2D eigenvalue weighted by Crippen LogP contribution is -2.11. The summed E-state index contributed by atoms with van der Waals surface area (Å²) in [7, 11) is 1.14. The zero-order valence-electron chi connectivity index (χ0n) is 11.8. The lowest BCUT2D eigenvalue weighted by atomic mass is 10.1. The van der Waals surface area contributed by atoms with Gasteiger partial charge >= 0.3 is 5.97 Å². The maximum absolute atomic E-state index is 11.7. The van der Waals surface area contributed by atoms with Crippen molar-refractivity contribution in [2.24, 2.45) is 0 Å². The van der Waals surface area contributed by atoms with Crippen molar-refractivity contribution in [3.05, 3.63) is 40.1 Å². The lowest BCUT2D eigenvalue weighted by molar-refractivity contribution is -0.384. The minimum absolute atomic E-state index is 0.00343. The highest BCUT2D eigenvalue weighted by molar-refractivity contribution is 5.97. The van der Waals surface area contributed by atoms with Crippen LogP contribution in [0.4, 0.5) is 11.4 Å². The molecule has 1 amide bonds. The third kappa shape index (κ3) is 4.03. The molecule has 0 heterocycles. The predicted molar refractivity (Wildman–Crippen MR) is 74.2 cm³/mol. The summed E-state index contributed by atoms with van der Waals surface area (Å²) in [5.74, 6) is -1.03. The van der Waals surface area contributed by atoms with E-state index < -0.39 is 22.5 Å². The maximum atomic E-state index is 11.7. The third-order valence-electron chi connectivity index (χ3n) is 2.29. The summed E-state index contributed by atoms with van der Waals surface area (Å²) in [4.78, 5) is 33.1. The number of amides is 1. The zero-order chi connectivity index (χ0) is 16.2. The molecule has 1 N–H and O–H groups in total. The number of nitrogens with zero attached hydrogens (tertiary/aromatic N) is 1. The first kappa shape index (κ1) is 16.2. The largest absolute Gasteiger partial charge is 0.465 e. The molecule has 21 heavy (non-hydrogen) atoms. The van der Waals surface area contributed by atoms with E-state index in [-0.39, 0.29) is 22.8 Å². The molecule has 0 aliphatic heterocycles. The Balaban J connectivity index is 3.52. The smallest absolute Gasteiger partial charge is 0.341 e. The summed E-state index contributed by atoms with van der Waals surface area (Å²) in [6.45, 7) is 6.28. The molecule has 0 aliphatic rings. The van der Waals surface area contributed by atoms with E-state index in [4.69, 9.17) is 4.74 Å². The maximum Gasteiger partial charge on any atom is 0.341 e. The fraction of sp³-hybridized carbons (Fsp3) is 0.231. The normalized spacial score (nSPS) is 9.67. The van der Waals surface area contributed by atoms with Gasteiger partial charge in [-0.05, 0) is 6.92 Å². The Labute approximate surface area is 120 Å². The van der Waals surface area contributed by atoms with Crippen molar-refractivity contribution in [3.8, 4) is 5.75 Å². The summed E-state index contributed by atoms with van der Waals surface area (Å²) in [6, 6.07) is 2.16. The van der Waals surface area contributed by atoms with Crippen LogP contribution in [0.2, 0.25) is 0 Å². The molecule has 0 unspecified atom stereocenters. The average Bonchev–Trinajstić information content (AvgIpc) is 2.36. The average molecular weight is 294 g/mol. The molecule has 0 atom stereocenters. The minimum atomic E-state index is -0.802. The number of rotatable bonds is 5. The van der Waals surface area contributed by atoms with Crippen LogP contribution < -0.4 is 10.1 Å². The van der Waals surface area contributed by atoms with Crippen LogP contribution >= 0.6 is 0 Å². The van der Waals surface area contributed by atoms with Crippen LogP contribution in [0.15, 0.2) is 24.5 Å². The lowest BCUT2D eigenvalue weighted by Gasteiger charge is -2.12. The summed E-state index contributed by atoms with van der Waals surface area (Å²) in [5.41, 5.74) is -0.669. The van der Waals surface area contributed by atoms with E-state index in [2.05, 4.69) is 16.6 Å². The number of carbonyl (C=O) groups excluding carboxylic acids is 2. The first-order chi connectivity index (χ1) is 9.76. The highest BCUT2D eigenvalue weighted by Gasteiger charge is 2.24. The molecule has 112 valence electrons. The molecule has 8 heteroatoms. The second-order valence-electron chi connectivity index (χ2n) is 4.10. The third-order valence-corrected chi connectivity index (χ3v) is 2.29. The monoisotopic (exact) mass is 294 g/mol. The second kappa shape index (κ2) is 6.51. The van der Waals surface area contributed by atoms with E-state index in [1.54, 1.807) is 6.92 Å². The van der Waals surface area contributed by atoms with Crippen LogP contribution in [0.5, 0.6) is 5.75 Å². The van der Waals surface area contributed by atoms with Gasteiger partial charge in [-0.25, -0.2) is 4.79 Å². The van der Waals surface area contributed by atoms with Crippen molar-refractivity contribution in [2.45, 2.75) is 13.8 Å². The Morgan fingerprint density at radius 3 is 2.38 bits per heavy atom. The number of nitro benzene ring substituents is 1. The van der Waals surface area contributed by atoms with E-state index in [0.717, 1.165) is 13.2 Å². The number of hydrogen-bond acceptors (Lipinski definition) is 6. The number of ether oxygens (including phenoxy) is 2. The van der Waals surface area contributed by atoms with E-state index in [1.165, 1.54) is 13.0 Å². The van der Waals surface area contributed by atoms with Crippen LogP contribution in [0.25, 0.3) is 0 Å². The van der Waals surface area contributed by atoms with Gasteiger partial charge in [-0.2, -0.15) is 0 Å². The number of anilines is 1. The van der Waals surface area contributed by atoms with Crippen LogP contribution in [-0.2, 0) is 9.53 Å². The molecule has 0 bridgehead atoms. The Kier molecular flexibility index (Phi) is 5.01. The molecule has 1 aromatic carbocycles. The van der Waals surface area contributed by atoms with Crippen LogP contribution in [0, 0.1) is 10.1 Å². The predicted octanol–water partition coefficient (Wildman–Crippen LogP) is 2.25. The van der Waals surface area contributed by atoms with Crippen LogP contribution in [0.1, 0.15) is 24.2 Å². The number of carbonyl (C=O) groups is 2. The van der Waals surface area contributed by atoms with Crippen LogP contribution in [0.3, 0.4) is 0 Å². The fourth-order valence-corrected chi connectivity index (χ4v) is 1.55. The van der Waals surface area contributed by atoms with Gasteiger partial charge in [0, 0.05) is 19.1 Å². The molecule has 0 saturated carbocycles. The molecule has 0 spiro atoms. The number of benzene rings is 1. The number of esters is 1. The molecule has 1 rings (SSSR count). The fourth-order valence-electron chi connectivity index (χ4n) is 1.55. The summed E-state index contributed by atoms with van der Waals surface area (Å²) >= 11 is 0. The van der Waals surface area contributed by atoms with E-state index in [9.17, 15) is 19.7 Å². The van der Waals surface area contributed by atoms with Crippen molar-refractivity contribution in [3.63, 3.8) is 0 Å². The molecule has 0 radical (unpaired) electrons. The summed E-state index contributed by atoms with van der Waals surface area (Å²) < 4.78 is 9.81. The molecule has 8 nitrogen and oxygen atoms in total. The molecular formula is C13H14N2O6. The first-order valence-corrected chi connectivity index (χ1v) is 5.78. The van der Waals surface area contributed by atoms with Gasteiger partial charge in [0.1, 0.15) is 17.0 Å². The van der Waals surface area contributed by atoms with Gasteiger partial charge < -0.3 is 14.8 Å². The standard InChI is InChI=1S/C13H14N2O6/c1-7(2)21-12-6-10(14-8(3)16)11(15(18)19)5-9(12)13(17)20-4/h5-6H,1H2,2-4H3,(H,14,16). The number of hydrogen-bond donors (Lipinski definition) is 1. The van der Waals surface area contributed by atoms with Crippen LogP contribution in [-0.4, -0.2) is 23.9 Å². The van der Waals surface area contributed by atoms with Crippen molar-refractivity contribution in [1.29, 1.82) is 0 Å². The van der Waals surface area contributed by atoms with Gasteiger partial charge in [-0.3, -0.25) is 14.9 Å². The molecule has 0 aliphatic carbocycles. The van der Waals surface area contributed by atoms with Crippen molar-refractivity contribution < 1.29 is 24.0 Å². The highest BCUT2D eigenvalue weighted by atomic mass is 16.6. The summed E-state index contributed by atoms with van der Waals surface area (Å²) in [6.07, 6.45) is 0.